The molecular weight excluding hydrogens is 196 g/mol. The second-order valence-electron chi connectivity index (χ2n) is 3.66. The lowest BCUT2D eigenvalue weighted by molar-refractivity contribution is 0.0527. The van der Waals surface area contributed by atoms with E-state index in [1.807, 2.05) is 0 Å². The summed E-state index contributed by atoms with van der Waals surface area (Å²) in [5.41, 5.74) is 0.353. The van der Waals surface area contributed by atoms with Gasteiger partial charge in [0, 0.05) is 25.9 Å². The fourth-order valence-electron chi connectivity index (χ4n) is 1.31. The van der Waals surface area contributed by atoms with E-state index >= 15 is 0 Å². The standard InChI is InChI=1S/C10H24O3Si/c1-7-9(3)13-14(11-5,12-6)10(4)8-2/h9-10H,7-8H2,1-6H3. The van der Waals surface area contributed by atoms with Crippen LogP contribution in [0.3, 0.4) is 0 Å². The Morgan fingerprint density at radius 3 is 1.79 bits per heavy atom. The molecule has 86 valence electrons. The first kappa shape index (κ1) is 14.1. The Labute approximate surface area is 89.1 Å². The first-order chi connectivity index (χ1) is 6.56. The van der Waals surface area contributed by atoms with Gasteiger partial charge in [0.1, 0.15) is 0 Å². The Morgan fingerprint density at radius 1 is 1.00 bits per heavy atom. The fraction of sp³-hybridized carbons (Fsp3) is 1.00. The first-order valence-corrected chi connectivity index (χ1v) is 7.14. The molecule has 0 aromatic rings. The smallest absolute Gasteiger partial charge is 0.377 e. The molecule has 3 nitrogen and oxygen atoms in total. The lowest BCUT2D eigenvalue weighted by atomic mass is 10.3. The van der Waals surface area contributed by atoms with E-state index in [2.05, 4.69) is 27.7 Å². The van der Waals surface area contributed by atoms with Gasteiger partial charge in [-0.2, -0.15) is 0 Å². The molecule has 0 amide bonds. The molecule has 2 atom stereocenters. The first-order valence-electron chi connectivity index (χ1n) is 5.34. The van der Waals surface area contributed by atoms with Crippen molar-refractivity contribution in [2.45, 2.75) is 52.2 Å². The largest absolute Gasteiger partial charge is 0.503 e. The summed E-state index contributed by atoms with van der Waals surface area (Å²) in [5, 5.41) is 0. The third-order valence-corrected chi connectivity index (χ3v) is 6.21. The van der Waals surface area contributed by atoms with Crippen molar-refractivity contribution in [3.63, 3.8) is 0 Å². The molecule has 0 bridgehead atoms. The second-order valence-corrected chi connectivity index (χ2v) is 6.90. The summed E-state index contributed by atoms with van der Waals surface area (Å²) in [6.45, 7) is 8.42. The molecule has 0 N–H and O–H groups in total. The molecule has 0 spiro atoms. The van der Waals surface area contributed by atoms with Gasteiger partial charge in [-0.05, 0) is 19.8 Å². The van der Waals surface area contributed by atoms with Crippen molar-refractivity contribution in [2.24, 2.45) is 0 Å². The Balaban J connectivity index is 4.52. The van der Waals surface area contributed by atoms with E-state index in [-0.39, 0.29) is 6.10 Å². The topological polar surface area (TPSA) is 27.7 Å². The lowest BCUT2D eigenvalue weighted by Crippen LogP contribution is -2.49. The predicted molar refractivity (Wildman–Crippen MR) is 60.3 cm³/mol. The molecule has 2 unspecified atom stereocenters. The van der Waals surface area contributed by atoms with Crippen LogP contribution in [0, 0.1) is 0 Å². The highest BCUT2D eigenvalue weighted by Crippen LogP contribution is 2.28. The Morgan fingerprint density at radius 2 is 1.50 bits per heavy atom. The number of hydrogen-bond acceptors (Lipinski definition) is 3. The molecule has 0 saturated heterocycles. The maximum absolute atomic E-state index is 5.93. The van der Waals surface area contributed by atoms with E-state index in [1.165, 1.54) is 0 Å². The van der Waals surface area contributed by atoms with Crippen molar-refractivity contribution in [1.29, 1.82) is 0 Å². The molecule has 0 aromatic carbocycles. The Kier molecular flexibility index (Phi) is 6.60. The van der Waals surface area contributed by atoms with Gasteiger partial charge in [-0.25, -0.2) is 0 Å². The van der Waals surface area contributed by atoms with Gasteiger partial charge in [-0.15, -0.1) is 0 Å². The minimum absolute atomic E-state index is 0.204. The highest BCUT2D eigenvalue weighted by atomic mass is 28.4. The molecule has 0 aliphatic carbocycles. The average Bonchev–Trinajstić information content (AvgIpc) is 2.24. The molecule has 4 heteroatoms. The molecule has 0 fully saturated rings. The summed E-state index contributed by atoms with van der Waals surface area (Å²) in [6, 6.07) is 0. The van der Waals surface area contributed by atoms with Crippen LogP contribution in [0.2, 0.25) is 5.54 Å². The molecule has 0 aliphatic heterocycles. The van der Waals surface area contributed by atoms with E-state index in [0.29, 0.717) is 5.54 Å². The van der Waals surface area contributed by atoms with E-state index in [0.717, 1.165) is 12.8 Å². The summed E-state index contributed by atoms with van der Waals surface area (Å²) >= 11 is 0. The fourth-order valence-corrected chi connectivity index (χ4v) is 3.94. The Hall–Kier alpha value is 0.0969. The number of hydrogen-bond donors (Lipinski definition) is 0. The molecule has 0 heterocycles. The molecular formula is C10H24O3Si. The van der Waals surface area contributed by atoms with E-state index in [9.17, 15) is 0 Å². The number of rotatable bonds is 7. The zero-order valence-corrected chi connectivity index (χ0v) is 11.3. The zero-order valence-electron chi connectivity index (χ0n) is 10.3. The SMILES string of the molecule is CCC(C)O[Si](OC)(OC)C(C)CC. The van der Waals surface area contributed by atoms with Gasteiger partial charge in [-0.1, -0.05) is 20.8 Å². The van der Waals surface area contributed by atoms with Crippen molar-refractivity contribution in [3.8, 4) is 0 Å². The predicted octanol–water partition coefficient (Wildman–Crippen LogP) is 2.83. The van der Waals surface area contributed by atoms with Crippen molar-refractivity contribution in [3.05, 3.63) is 0 Å². The maximum Gasteiger partial charge on any atom is 0.503 e. The zero-order chi connectivity index (χ0) is 11.2. The summed E-state index contributed by atoms with van der Waals surface area (Å²) in [7, 11) is 0.939. The Bertz CT molecular complexity index is 148. The van der Waals surface area contributed by atoms with Crippen molar-refractivity contribution in [1.82, 2.24) is 0 Å². The van der Waals surface area contributed by atoms with Gasteiger partial charge >= 0.3 is 8.80 Å². The minimum Gasteiger partial charge on any atom is -0.377 e. The van der Waals surface area contributed by atoms with Crippen LogP contribution in [0.1, 0.15) is 40.5 Å². The maximum atomic E-state index is 5.93. The van der Waals surface area contributed by atoms with Gasteiger partial charge in [0.15, 0.2) is 0 Å². The van der Waals surface area contributed by atoms with Crippen LogP contribution in [0.4, 0.5) is 0 Å². The van der Waals surface area contributed by atoms with Crippen LogP contribution >= 0.6 is 0 Å². The van der Waals surface area contributed by atoms with Gasteiger partial charge in [0.25, 0.3) is 0 Å². The van der Waals surface area contributed by atoms with Gasteiger partial charge in [0.2, 0.25) is 0 Å². The van der Waals surface area contributed by atoms with Crippen LogP contribution in [0.15, 0.2) is 0 Å². The summed E-state index contributed by atoms with van der Waals surface area (Å²) in [4.78, 5) is 0. The van der Waals surface area contributed by atoms with Gasteiger partial charge in [-0.3, -0.25) is 0 Å². The third kappa shape index (κ3) is 3.35. The highest BCUT2D eigenvalue weighted by Gasteiger charge is 2.45. The van der Waals surface area contributed by atoms with Crippen molar-refractivity contribution >= 4 is 8.80 Å². The summed E-state index contributed by atoms with van der Waals surface area (Å²) in [6.07, 6.45) is 2.21. The van der Waals surface area contributed by atoms with Gasteiger partial charge in [0.05, 0.1) is 0 Å². The molecule has 0 radical (unpaired) electrons. The van der Waals surface area contributed by atoms with Crippen molar-refractivity contribution < 1.29 is 13.3 Å². The second kappa shape index (κ2) is 6.56. The molecule has 0 aliphatic rings. The van der Waals surface area contributed by atoms with Crippen LogP contribution < -0.4 is 0 Å². The molecule has 0 rings (SSSR count). The normalized spacial score (nSPS) is 16.7. The minimum atomic E-state index is -2.43. The molecule has 14 heavy (non-hydrogen) atoms. The monoisotopic (exact) mass is 220 g/mol. The van der Waals surface area contributed by atoms with E-state index < -0.39 is 8.80 Å². The van der Waals surface area contributed by atoms with Crippen molar-refractivity contribution in [2.75, 3.05) is 14.2 Å². The van der Waals surface area contributed by atoms with Gasteiger partial charge < -0.3 is 13.3 Å². The molecule has 0 aromatic heterocycles. The summed E-state index contributed by atoms with van der Waals surface area (Å²) in [5.74, 6) is 0. The quantitative estimate of drug-likeness (QED) is 0.617. The van der Waals surface area contributed by atoms with Crippen LogP contribution in [0.5, 0.6) is 0 Å². The molecule has 0 saturated carbocycles. The van der Waals surface area contributed by atoms with E-state index in [1.54, 1.807) is 14.2 Å². The highest BCUT2D eigenvalue weighted by molar-refractivity contribution is 6.62. The van der Waals surface area contributed by atoms with Crippen LogP contribution in [-0.4, -0.2) is 29.1 Å². The lowest BCUT2D eigenvalue weighted by Gasteiger charge is -2.33. The van der Waals surface area contributed by atoms with Crippen LogP contribution in [0.25, 0.3) is 0 Å². The third-order valence-electron chi connectivity index (χ3n) is 2.73. The summed E-state index contributed by atoms with van der Waals surface area (Å²) < 4.78 is 16.9. The van der Waals surface area contributed by atoms with E-state index in [4.69, 9.17) is 13.3 Å². The average molecular weight is 220 g/mol. The van der Waals surface area contributed by atoms with Crippen LogP contribution in [-0.2, 0) is 13.3 Å².